The number of benzene rings is 2. The van der Waals surface area contributed by atoms with E-state index in [1.165, 1.54) is 6.08 Å². The largest absolute Gasteiger partial charge is 0.457 e. The molecule has 6 rings (SSSR count). The topological polar surface area (TPSA) is 130 Å². The Morgan fingerprint density at radius 1 is 0.927 bits per heavy atom. The third kappa shape index (κ3) is 3.88. The van der Waals surface area contributed by atoms with Crippen molar-refractivity contribution in [2.24, 2.45) is 34.5 Å². The Hall–Kier alpha value is -3.59. The van der Waals surface area contributed by atoms with Gasteiger partial charge in [-0.3, -0.25) is 4.79 Å². The normalized spacial score (nSPS) is 36.5. The Morgan fingerprint density at radius 2 is 1.51 bits per heavy atom. The number of fused-ring (bicyclic) bond motifs is 3. The second-order valence-electron chi connectivity index (χ2n) is 12.5. The third-order valence-corrected chi connectivity index (χ3v) is 10.1. The zero-order chi connectivity index (χ0) is 29.3. The van der Waals surface area contributed by atoms with E-state index in [9.17, 15) is 29.7 Å². The smallest absolute Gasteiger partial charge is 0.343 e. The van der Waals surface area contributed by atoms with Gasteiger partial charge in [-0.25, -0.2) is 9.59 Å². The minimum atomic E-state index is -2.46. The van der Waals surface area contributed by atoms with Crippen LogP contribution in [0.4, 0.5) is 0 Å². The molecule has 0 unspecified atom stereocenters. The summed E-state index contributed by atoms with van der Waals surface area (Å²) in [5.74, 6) is -3.13. The van der Waals surface area contributed by atoms with Crippen LogP contribution < -0.4 is 0 Å². The van der Waals surface area contributed by atoms with Crippen molar-refractivity contribution in [2.75, 3.05) is 6.61 Å². The van der Waals surface area contributed by atoms with Crippen molar-refractivity contribution in [3.8, 4) is 0 Å². The number of aliphatic hydroxyl groups excluding tert-OH is 2. The molecular formula is C33H34O8. The molecule has 2 aromatic carbocycles. The quantitative estimate of drug-likeness (QED) is 0.376. The minimum absolute atomic E-state index is 0.0624. The molecular weight excluding hydrogens is 524 g/mol. The third-order valence-electron chi connectivity index (χ3n) is 10.1. The molecule has 4 aliphatic rings. The molecule has 0 saturated heterocycles. The van der Waals surface area contributed by atoms with Crippen molar-refractivity contribution in [1.29, 1.82) is 0 Å². The van der Waals surface area contributed by atoms with Crippen LogP contribution in [0.15, 0.2) is 84.1 Å². The fraction of sp³-hybridized carbons (Fsp3) is 0.424. The summed E-state index contributed by atoms with van der Waals surface area (Å²) < 4.78 is 11.1. The van der Waals surface area contributed by atoms with Gasteiger partial charge in [0.1, 0.15) is 30.2 Å². The van der Waals surface area contributed by atoms with Crippen LogP contribution in [0.5, 0.6) is 0 Å². The summed E-state index contributed by atoms with van der Waals surface area (Å²) in [4.78, 5) is 40.3. The van der Waals surface area contributed by atoms with E-state index in [2.05, 4.69) is 13.8 Å². The molecule has 2 saturated carbocycles. The summed E-state index contributed by atoms with van der Waals surface area (Å²) in [7, 11) is 0. The lowest BCUT2D eigenvalue weighted by Crippen LogP contribution is -2.65. The molecule has 4 aliphatic carbocycles. The van der Waals surface area contributed by atoms with Crippen LogP contribution in [-0.2, 0) is 14.3 Å². The van der Waals surface area contributed by atoms with E-state index in [0.717, 1.165) is 0 Å². The van der Waals surface area contributed by atoms with Crippen molar-refractivity contribution in [1.82, 2.24) is 0 Å². The predicted octanol–water partition coefficient (Wildman–Crippen LogP) is 3.47. The van der Waals surface area contributed by atoms with Gasteiger partial charge in [-0.05, 0) is 65.5 Å². The van der Waals surface area contributed by atoms with E-state index in [0.29, 0.717) is 12.0 Å². The number of aliphatic hydroxyl groups is 3. The second kappa shape index (κ2) is 9.48. The highest BCUT2D eigenvalue weighted by atomic mass is 16.6. The first kappa shape index (κ1) is 27.6. The number of hydrogen-bond donors (Lipinski definition) is 3. The number of rotatable bonds is 5. The van der Waals surface area contributed by atoms with Crippen molar-refractivity contribution >= 4 is 17.7 Å². The summed E-state index contributed by atoms with van der Waals surface area (Å²) in [6.45, 7) is 5.64. The van der Waals surface area contributed by atoms with E-state index in [1.807, 2.05) is 6.92 Å². The van der Waals surface area contributed by atoms with E-state index >= 15 is 0 Å². The van der Waals surface area contributed by atoms with Gasteiger partial charge in [-0.15, -0.1) is 0 Å². The Labute approximate surface area is 238 Å². The van der Waals surface area contributed by atoms with Gasteiger partial charge >= 0.3 is 11.9 Å². The lowest BCUT2D eigenvalue weighted by Gasteiger charge is -2.47. The molecule has 8 heteroatoms. The molecule has 0 aromatic heterocycles. The molecule has 8 atom stereocenters. The zero-order valence-corrected chi connectivity index (χ0v) is 23.2. The predicted molar refractivity (Wildman–Crippen MR) is 147 cm³/mol. The maximum Gasteiger partial charge on any atom is 0.343 e. The summed E-state index contributed by atoms with van der Waals surface area (Å²) in [6, 6.07) is 16.5. The fourth-order valence-corrected chi connectivity index (χ4v) is 7.78. The summed E-state index contributed by atoms with van der Waals surface area (Å²) in [5, 5.41) is 35.8. The van der Waals surface area contributed by atoms with Crippen molar-refractivity contribution < 1.29 is 39.2 Å². The molecule has 3 N–H and O–H groups in total. The Morgan fingerprint density at radius 3 is 2.12 bits per heavy atom. The SMILES string of the molecule is C[C@@H]1C[C@@H]2[C@H]([C@H]3C=C(COC(=O)c4ccccc4)[C@@H](O)[C@]4(O)[C@@H](O)C(OC(=O)c5ccccc5)=C[C@@]14C3=O)C2(C)C. The molecule has 2 fully saturated rings. The number of allylic oxidation sites excluding steroid dienone is 1. The lowest BCUT2D eigenvalue weighted by atomic mass is 9.59. The number of carbonyl (C=O) groups is 3. The van der Waals surface area contributed by atoms with Gasteiger partial charge in [0.25, 0.3) is 0 Å². The van der Waals surface area contributed by atoms with Crippen LogP contribution in [0, 0.1) is 34.5 Å². The van der Waals surface area contributed by atoms with Gasteiger partial charge in [-0.1, -0.05) is 63.2 Å². The highest BCUT2D eigenvalue weighted by Gasteiger charge is 2.76. The fourth-order valence-electron chi connectivity index (χ4n) is 7.78. The van der Waals surface area contributed by atoms with Gasteiger partial charge < -0.3 is 24.8 Å². The molecule has 1 spiro atoms. The van der Waals surface area contributed by atoms with Crippen molar-refractivity contribution in [2.45, 2.75) is 45.0 Å². The first-order chi connectivity index (χ1) is 19.4. The average molecular weight is 559 g/mol. The van der Waals surface area contributed by atoms with Gasteiger partial charge in [0, 0.05) is 5.92 Å². The van der Waals surface area contributed by atoms with Crippen LogP contribution in [-0.4, -0.2) is 57.5 Å². The van der Waals surface area contributed by atoms with Gasteiger partial charge in [0.05, 0.1) is 16.5 Å². The molecule has 2 bridgehead atoms. The van der Waals surface area contributed by atoms with E-state index in [1.54, 1.807) is 66.7 Å². The first-order valence-corrected chi connectivity index (χ1v) is 14.0. The zero-order valence-electron chi connectivity index (χ0n) is 23.2. The average Bonchev–Trinajstić information content (AvgIpc) is 3.47. The molecule has 0 radical (unpaired) electrons. The molecule has 0 aliphatic heterocycles. The first-order valence-electron chi connectivity index (χ1n) is 14.0. The molecule has 0 heterocycles. The molecule has 8 nitrogen and oxygen atoms in total. The Balaban J connectivity index is 1.41. The number of carbonyl (C=O) groups excluding carboxylic acids is 3. The Bertz CT molecular complexity index is 1460. The second-order valence-corrected chi connectivity index (χ2v) is 12.5. The molecule has 2 aromatic rings. The number of Topliss-reactive ketones (excluding diaryl/α,β-unsaturated/α-hetero) is 1. The number of ketones is 1. The monoisotopic (exact) mass is 558 g/mol. The standard InChI is InChI=1S/C33H34O8/c1-18-14-23-25(31(23,2)3)22-15-21(17-40-29(37)19-10-6-4-7-11-19)26(34)33(39)28(36)24(16-32(18,33)27(22)35)41-30(38)20-12-8-5-9-13-20/h4-13,15-16,18,22-23,25-26,28,34,36,39H,14,17H2,1-3H3/t18-,22-,23-,25+,26-,28+,32+,33+/m1/s1. The van der Waals surface area contributed by atoms with Crippen LogP contribution in [0.1, 0.15) is 47.9 Å². The van der Waals surface area contributed by atoms with Gasteiger partial charge in [0.15, 0.2) is 5.78 Å². The lowest BCUT2D eigenvalue weighted by molar-refractivity contribution is -0.192. The van der Waals surface area contributed by atoms with E-state index in [4.69, 9.17) is 9.47 Å². The number of esters is 2. The molecule has 0 amide bonds. The van der Waals surface area contributed by atoms with Gasteiger partial charge in [0.2, 0.25) is 0 Å². The minimum Gasteiger partial charge on any atom is -0.457 e. The number of ether oxygens (including phenoxy) is 2. The maximum absolute atomic E-state index is 14.6. The van der Waals surface area contributed by atoms with Crippen LogP contribution in [0.25, 0.3) is 0 Å². The van der Waals surface area contributed by atoms with E-state index in [-0.39, 0.29) is 39.9 Å². The molecule has 214 valence electrons. The summed E-state index contributed by atoms with van der Waals surface area (Å²) in [6.07, 6.45) is -0.119. The summed E-state index contributed by atoms with van der Waals surface area (Å²) >= 11 is 0. The maximum atomic E-state index is 14.6. The van der Waals surface area contributed by atoms with Crippen molar-refractivity contribution in [3.63, 3.8) is 0 Å². The highest BCUT2D eigenvalue weighted by molar-refractivity contribution is 5.96. The molecule has 41 heavy (non-hydrogen) atoms. The Kier molecular flexibility index (Phi) is 6.37. The number of hydrogen-bond acceptors (Lipinski definition) is 8. The van der Waals surface area contributed by atoms with E-state index < -0.39 is 53.6 Å². The van der Waals surface area contributed by atoms with Crippen LogP contribution >= 0.6 is 0 Å². The summed E-state index contributed by atoms with van der Waals surface area (Å²) in [5.41, 5.74) is -3.70. The van der Waals surface area contributed by atoms with Crippen molar-refractivity contribution in [3.05, 3.63) is 95.3 Å². The highest BCUT2D eigenvalue weighted by Crippen LogP contribution is 2.71. The van der Waals surface area contributed by atoms with Gasteiger partial charge in [-0.2, -0.15) is 0 Å². The van der Waals surface area contributed by atoms with Crippen LogP contribution in [0.2, 0.25) is 0 Å². The van der Waals surface area contributed by atoms with Crippen LogP contribution in [0.3, 0.4) is 0 Å².